The van der Waals surface area contributed by atoms with Crippen LogP contribution in [0.4, 0.5) is 5.95 Å². The maximum absolute atomic E-state index is 12.7. The third-order valence-corrected chi connectivity index (χ3v) is 4.99. The largest absolute Gasteiger partial charge is 0.481 e. The number of benzene rings is 1. The van der Waals surface area contributed by atoms with E-state index in [1.165, 1.54) is 6.20 Å². The molecule has 0 unspecified atom stereocenters. The molecule has 0 spiro atoms. The van der Waals surface area contributed by atoms with E-state index >= 15 is 0 Å². The second-order valence-corrected chi connectivity index (χ2v) is 6.71. The van der Waals surface area contributed by atoms with E-state index in [2.05, 4.69) is 15.3 Å². The summed E-state index contributed by atoms with van der Waals surface area (Å²) in [7, 11) is 1.90. The normalized spacial score (nSPS) is 19.7. The van der Waals surface area contributed by atoms with Crippen molar-refractivity contribution in [3.8, 4) is 11.3 Å². The highest BCUT2D eigenvalue weighted by molar-refractivity contribution is 5.99. The number of amides is 1. The number of anilines is 1. The molecular formula is C19H23N5O3. The first-order valence-corrected chi connectivity index (χ1v) is 8.85. The summed E-state index contributed by atoms with van der Waals surface area (Å²) in [5.74, 6) is -0.968. The Morgan fingerprint density at radius 3 is 2.67 bits per heavy atom. The molecule has 8 nitrogen and oxygen atoms in total. The van der Waals surface area contributed by atoms with Gasteiger partial charge in [0.1, 0.15) is 0 Å². The van der Waals surface area contributed by atoms with Crippen molar-refractivity contribution in [1.29, 1.82) is 0 Å². The maximum Gasteiger partial charge on any atom is 0.304 e. The van der Waals surface area contributed by atoms with E-state index in [-0.39, 0.29) is 30.4 Å². The molecule has 142 valence electrons. The Balaban J connectivity index is 1.70. The highest BCUT2D eigenvalue weighted by atomic mass is 16.4. The van der Waals surface area contributed by atoms with Gasteiger partial charge in [-0.3, -0.25) is 14.5 Å². The molecular weight excluding hydrogens is 346 g/mol. The van der Waals surface area contributed by atoms with Gasteiger partial charge in [0, 0.05) is 30.4 Å². The molecule has 3 rings (SSSR count). The molecule has 1 fully saturated rings. The first-order valence-electron chi connectivity index (χ1n) is 8.85. The van der Waals surface area contributed by atoms with Crippen LogP contribution in [0.1, 0.15) is 29.6 Å². The van der Waals surface area contributed by atoms with Crippen LogP contribution in [0.2, 0.25) is 0 Å². The number of likely N-dealkylation sites (tertiary alicyclic amines) is 1. The summed E-state index contributed by atoms with van der Waals surface area (Å²) in [6.07, 6.45) is 3.21. The molecule has 4 N–H and O–H groups in total. The number of carboxylic acid groups (broad SMARTS) is 1. The average molecular weight is 369 g/mol. The molecule has 0 radical (unpaired) electrons. The number of hydrogen-bond donors (Lipinski definition) is 3. The molecule has 0 saturated carbocycles. The van der Waals surface area contributed by atoms with Crippen LogP contribution in [-0.4, -0.2) is 57.5 Å². The van der Waals surface area contributed by atoms with Gasteiger partial charge in [0.05, 0.1) is 17.7 Å². The number of rotatable bonds is 6. The van der Waals surface area contributed by atoms with Crippen LogP contribution in [0.3, 0.4) is 0 Å². The first-order chi connectivity index (χ1) is 13.0. The Labute approximate surface area is 157 Å². The Hall–Kier alpha value is -3.00. The summed E-state index contributed by atoms with van der Waals surface area (Å²) in [4.78, 5) is 33.9. The van der Waals surface area contributed by atoms with Crippen LogP contribution in [0, 0.1) is 0 Å². The Morgan fingerprint density at radius 2 is 1.96 bits per heavy atom. The van der Waals surface area contributed by atoms with Crippen molar-refractivity contribution in [3.63, 3.8) is 0 Å². The molecule has 8 heteroatoms. The van der Waals surface area contributed by atoms with Crippen molar-refractivity contribution in [2.24, 2.45) is 0 Å². The van der Waals surface area contributed by atoms with Gasteiger partial charge < -0.3 is 16.2 Å². The molecule has 2 atom stereocenters. The number of likely N-dealkylation sites (N-methyl/N-ethyl adjacent to an activating group) is 1. The molecule has 0 aliphatic carbocycles. The van der Waals surface area contributed by atoms with E-state index < -0.39 is 5.97 Å². The summed E-state index contributed by atoms with van der Waals surface area (Å²) < 4.78 is 0. The zero-order valence-corrected chi connectivity index (χ0v) is 15.1. The van der Waals surface area contributed by atoms with Crippen molar-refractivity contribution in [2.75, 3.05) is 19.3 Å². The van der Waals surface area contributed by atoms with E-state index in [0.717, 1.165) is 18.4 Å². The SMILES string of the molecule is CN1[C@@H](CC(=O)O)CC[C@H]1CNC(=O)c1cnc(N)nc1-c1ccccc1. The molecule has 1 amide bonds. The summed E-state index contributed by atoms with van der Waals surface area (Å²) >= 11 is 0. The van der Waals surface area contributed by atoms with E-state index in [4.69, 9.17) is 10.8 Å². The molecule has 2 aromatic rings. The summed E-state index contributed by atoms with van der Waals surface area (Å²) in [6, 6.07) is 9.45. The van der Waals surface area contributed by atoms with E-state index in [1.54, 1.807) is 0 Å². The monoisotopic (exact) mass is 369 g/mol. The highest BCUT2D eigenvalue weighted by Gasteiger charge is 2.32. The minimum absolute atomic E-state index is 0.00383. The number of nitrogens with zero attached hydrogens (tertiary/aromatic N) is 3. The molecule has 1 aliphatic rings. The summed E-state index contributed by atoms with van der Waals surface area (Å²) in [5.41, 5.74) is 7.34. The van der Waals surface area contributed by atoms with Crippen molar-refractivity contribution >= 4 is 17.8 Å². The molecule has 2 heterocycles. The fourth-order valence-corrected chi connectivity index (χ4v) is 3.47. The molecule has 1 aromatic heterocycles. The number of aromatic nitrogens is 2. The topological polar surface area (TPSA) is 121 Å². The predicted octanol–water partition coefficient (Wildman–Crippen LogP) is 1.39. The van der Waals surface area contributed by atoms with Crippen LogP contribution in [0.25, 0.3) is 11.3 Å². The Kier molecular flexibility index (Phi) is 5.66. The van der Waals surface area contributed by atoms with Gasteiger partial charge in [-0.25, -0.2) is 9.97 Å². The van der Waals surface area contributed by atoms with Gasteiger partial charge in [-0.15, -0.1) is 0 Å². The minimum atomic E-state index is -0.803. The zero-order valence-electron chi connectivity index (χ0n) is 15.1. The molecule has 1 saturated heterocycles. The van der Waals surface area contributed by atoms with Crippen molar-refractivity contribution in [1.82, 2.24) is 20.2 Å². The van der Waals surface area contributed by atoms with Gasteiger partial charge >= 0.3 is 5.97 Å². The fraction of sp³-hybridized carbons (Fsp3) is 0.368. The summed E-state index contributed by atoms with van der Waals surface area (Å²) in [6.45, 7) is 0.435. The second kappa shape index (κ2) is 8.13. The van der Waals surface area contributed by atoms with Crippen molar-refractivity contribution in [3.05, 3.63) is 42.1 Å². The number of carbonyl (C=O) groups is 2. The number of carbonyl (C=O) groups excluding carboxylic acids is 1. The first kappa shape index (κ1) is 18.8. The lowest BCUT2D eigenvalue weighted by molar-refractivity contribution is -0.138. The van der Waals surface area contributed by atoms with Gasteiger partial charge in [-0.2, -0.15) is 0 Å². The van der Waals surface area contributed by atoms with Crippen molar-refractivity contribution < 1.29 is 14.7 Å². The van der Waals surface area contributed by atoms with E-state index in [0.29, 0.717) is 17.8 Å². The van der Waals surface area contributed by atoms with Gasteiger partial charge in [-0.05, 0) is 19.9 Å². The average Bonchev–Trinajstić information content (AvgIpc) is 2.99. The molecule has 27 heavy (non-hydrogen) atoms. The standard InChI is InChI=1S/C19H23N5O3/c1-24-13(9-16(25)26)7-8-14(24)10-21-18(27)15-11-22-19(20)23-17(15)12-5-3-2-4-6-12/h2-6,11,13-14H,7-10H2,1H3,(H,21,27)(H,25,26)(H2,20,22,23)/t13-,14+/m1/s1. The highest BCUT2D eigenvalue weighted by Crippen LogP contribution is 2.25. The Morgan fingerprint density at radius 1 is 1.26 bits per heavy atom. The predicted molar refractivity (Wildman–Crippen MR) is 101 cm³/mol. The van der Waals surface area contributed by atoms with Gasteiger partial charge in [-0.1, -0.05) is 30.3 Å². The van der Waals surface area contributed by atoms with Gasteiger partial charge in [0.2, 0.25) is 5.95 Å². The molecule has 1 aromatic carbocycles. The number of aliphatic carboxylic acids is 1. The van der Waals surface area contributed by atoms with Crippen LogP contribution in [0.5, 0.6) is 0 Å². The lowest BCUT2D eigenvalue weighted by Crippen LogP contribution is -2.41. The van der Waals surface area contributed by atoms with Gasteiger partial charge in [0.15, 0.2) is 0 Å². The van der Waals surface area contributed by atoms with E-state index in [1.807, 2.05) is 42.3 Å². The number of carboxylic acids is 1. The maximum atomic E-state index is 12.7. The fourth-order valence-electron chi connectivity index (χ4n) is 3.47. The van der Waals surface area contributed by atoms with Crippen LogP contribution >= 0.6 is 0 Å². The smallest absolute Gasteiger partial charge is 0.304 e. The lowest BCUT2D eigenvalue weighted by atomic mass is 10.1. The van der Waals surface area contributed by atoms with Crippen molar-refractivity contribution in [2.45, 2.75) is 31.3 Å². The third-order valence-electron chi connectivity index (χ3n) is 4.99. The number of nitrogens with two attached hydrogens (primary N) is 1. The molecule has 1 aliphatic heterocycles. The summed E-state index contributed by atoms with van der Waals surface area (Å²) in [5, 5.41) is 11.9. The number of nitrogens with one attached hydrogen (secondary N) is 1. The van der Waals surface area contributed by atoms with Gasteiger partial charge in [0.25, 0.3) is 5.91 Å². The number of hydrogen-bond acceptors (Lipinski definition) is 6. The zero-order chi connectivity index (χ0) is 19.4. The molecule has 0 bridgehead atoms. The van der Waals surface area contributed by atoms with Crippen LogP contribution < -0.4 is 11.1 Å². The minimum Gasteiger partial charge on any atom is -0.481 e. The van der Waals surface area contributed by atoms with Crippen LogP contribution in [-0.2, 0) is 4.79 Å². The van der Waals surface area contributed by atoms with E-state index in [9.17, 15) is 9.59 Å². The second-order valence-electron chi connectivity index (χ2n) is 6.71. The van der Waals surface area contributed by atoms with Crippen LogP contribution in [0.15, 0.2) is 36.5 Å². The quantitative estimate of drug-likeness (QED) is 0.703. The third kappa shape index (κ3) is 4.40. The Bertz CT molecular complexity index is 827. The lowest BCUT2D eigenvalue weighted by Gasteiger charge is -2.25. The number of nitrogen functional groups attached to an aromatic ring is 1.